The molecule has 0 radical (unpaired) electrons. The fraction of sp³-hybridized carbons (Fsp3) is 0.824. The Labute approximate surface area is 168 Å². The highest BCUT2D eigenvalue weighted by molar-refractivity contribution is 14.0. The molecular formula is C17H34IN5O2. The maximum absolute atomic E-state index is 12.0. The number of carbonyl (C=O) groups excluding carboxylic acids is 2. The van der Waals surface area contributed by atoms with Gasteiger partial charge in [0.05, 0.1) is 6.54 Å². The number of nitrogens with one attached hydrogen (secondary N) is 3. The number of nitrogens with zero attached hydrogens (tertiary/aromatic N) is 2. The summed E-state index contributed by atoms with van der Waals surface area (Å²) in [4.78, 5) is 30.0. The maximum Gasteiger partial charge on any atom is 0.240 e. The smallest absolute Gasteiger partial charge is 0.240 e. The number of hydrogen-bond donors (Lipinski definition) is 3. The molecule has 8 heteroatoms. The van der Waals surface area contributed by atoms with Crippen molar-refractivity contribution in [1.82, 2.24) is 20.9 Å². The molecule has 0 aromatic heterocycles. The first-order valence-electron chi connectivity index (χ1n) is 8.81. The first-order chi connectivity index (χ1) is 11.2. The number of amides is 2. The molecule has 3 N–H and O–H groups in total. The SMILES string of the molecule is CCNC(=NCCCC(=O)NC1CC1)N(C)CC(=O)NC(C)(C)C.I. The minimum absolute atomic E-state index is 0. The third-order valence-corrected chi connectivity index (χ3v) is 3.36. The van der Waals surface area contributed by atoms with E-state index in [1.165, 1.54) is 0 Å². The summed E-state index contributed by atoms with van der Waals surface area (Å²) in [6, 6.07) is 0.408. The fourth-order valence-corrected chi connectivity index (χ4v) is 2.17. The number of aliphatic imine (C=N–C) groups is 1. The predicted octanol–water partition coefficient (Wildman–Crippen LogP) is 1.48. The Morgan fingerprint density at radius 2 is 1.84 bits per heavy atom. The Hall–Kier alpha value is -1.06. The molecule has 25 heavy (non-hydrogen) atoms. The lowest BCUT2D eigenvalue weighted by Crippen LogP contribution is -2.48. The highest BCUT2D eigenvalue weighted by atomic mass is 127. The fourth-order valence-electron chi connectivity index (χ4n) is 2.17. The molecule has 1 saturated carbocycles. The lowest BCUT2D eigenvalue weighted by atomic mass is 10.1. The van der Waals surface area contributed by atoms with Crippen molar-refractivity contribution >= 4 is 41.8 Å². The summed E-state index contributed by atoms with van der Waals surface area (Å²) < 4.78 is 0. The Morgan fingerprint density at radius 1 is 1.20 bits per heavy atom. The van der Waals surface area contributed by atoms with Crippen molar-refractivity contribution in [1.29, 1.82) is 0 Å². The monoisotopic (exact) mass is 467 g/mol. The van der Waals surface area contributed by atoms with Gasteiger partial charge in [-0.05, 0) is 47.0 Å². The van der Waals surface area contributed by atoms with Gasteiger partial charge in [-0.1, -0.05) is 0 Å². The van der Waals surface area contributed by atoms with Gasteiger partial charge in [0.1, 0.15) is 0 Å². The first kappa shape index (κ1) is 23.9. The van der Waals surface area contributed by atoms with Crippen molar-refractivity contribution < 1.29 is 9.59 Å². The Morgan fingerprint density at radius 3 is 2.36 bits per heavy atom. The molecule has 0 spiro atoms. The van der Waals surface area contributed by atoms with Gasteiger partial charge < -0.3 is 20.9 Å². The van der Waals surface area contributed by atoms with E-state index < -0.39 is 0 Å². The van der Waals surface area contributed by atoms with Crippen LogP contribution in [0.25, 0.3) is 0 Å². The average molecular weight is 467 g/mol. The molecule has 0 bridgehead atoms. The van der Waals surface area contributed by atoms with Gasteiger partial charge in [-0.3, -0.25) is 14.6 Å². The first-order valence-corrected chi connectivity index (χ1v) is 8.81. The number of halogens is 1. The van der Waals surface area contributed by atoms with E-state index in [9.17, 15) is 9.59 Å². The Balaban J connectivity index is 0.00000576. The van der Waals surface area contributed by atoms with Crippen molar-refractivity contribution in [2.24, 2.45) is 4.99 Å². The third-order valence-electron chi connectivity index (χ3n) is 3.36. The van der Waals surface area contributed by atoms with Crippen LogP contribution < -0.4 is 16.0 Å². The minimum Gasteiger partial charge on any atom is -0.357 e. The molecule has 1 aliphatic rings. The van der Waals surface area contributed by atoms with Crippen LogP contribution in [0.4, 0.5) is 0 Å². The van der Waals surface area contributed by atoms with Crippen LogP contribution in [0.2, 0.25) is 0 Å². The lowest BCUT2D eigenvalue weighted by Gasteiger charge is -2.25. The predicted molar refractivity (Wildman–Crippen MR) is 112 cm³/mol. The molecule has 7 nitrogen and oxygen atoms in total. The van der Waals surface area contributed by atoms with Gasteiger partial charge in [-0.2, -0.15) is 0 Å². The molecule has 0 unspecified atom stereocenters. The molecule has 1 rings (SSSR count). The number of guanidine groups is 1. The van der Waals surface area contributed by atoms with E-state index in [4.69, 9.17) is 0 Å². The summed E-state index contributed by atoms with van der Waals surface area (Å²) in [6.07, 6.45) is 3.41. The van der Waals surface area contributed by atoms with E-state index in [1.807, 2.05) is 34.7 Å². The van der Waals surface area contributed by atoms with Crippen LogP contribution in [0.3, 0.4) is 0 Å². The van der Waals surface area contributed by atoms with E-state index in [0.29, 0.717) is 31.4 Å². The van der Waals surface area contributed by atoms with Crippen LogP contribution in [-0.2, 0) is 9.59 Å². The largest absolute Gasteiger partial charge is 0.357 e. The molecule has 0 aromatic rings. The van der Waals surface area contributed by atoms with Crippen LogP contribution >= 0.6 is 24.0 Å². The second-order valence-corrected chi connectivity index (χ2v) is 7.34. The van der Waals surface area contributed by atoms with Gasteiger partial charge in [0, 0.05) is 38.1 Å². The van der Waals surface area contributed by atoms with Crippen molar-refractivity contribution in [2.75, 3.05) is 26.7 Å². The van der Waals surface area contributed by atoms with Crippen molar-refractivity contribution in [2.45, 2.75) is 65.0 Å². The van der Waals surface area contributed by atoms with Gasteiger partial charge in [0.2, 0.25) is 11.8 Å². The molecule has 0 atom stereocenters. The van der Waals surface area contributed by atoms with Gasteiger partial charge >= 0.3 is 0 Å². The van der Waals surface area contributed by atoms with Crippen LogP contribution in [0.5, 0.6) is 0 Å². The summed E-state index contributed by atoms with van der Waals surface area (Å²) in [5, 5.41) is 9.08. The van der Waals surface area contributed by atoms with Crippen molar-refractivity contribution in [3.05, 3.63) is 0 Å². The zero-order chi connectivity index (χ0) is 18.2. The lowest BCUT2D eigenvalue weighted by molar-refractivity contribution is -0.123. The molecule has 0 aromatic carbocycles. The second-order valence-electron chi connectivity index (χ2n) is 7.34. The highest BCUT2D eigenvalue weighted by Gasteiger charge is 2.22. The number of carbonyl (C=O) groups is 2. The van der Waals surface area contributed by atoms with E-state index in [-0.39, 0.29) is 47.9 Å². The average Bonchev–Trinajstić information content (AvgIpc) is 3.23. The Bertz CT molecular complexity index is 458. The summed E-state index contributed by atoms with van der Waals surface area (Å²) in [6.45, 7) is 9.38. The van der Waals surface area contributed by atoms with Crippen LogP contribution in [-0.4, -0.2) is 60.9 Å². The normalized spacial score (nSPS) is 14.4. The minimum atomic E-state index is -0.248. The summed E-state index contributed by atoms with van der Waals surface area (Å²) >= 11 is 0. The van der Waals surface area contributed by atoms with Crippen molar-refractivity contribution in [3.8, 4) is 0 Å². The molecule has 0 saturated heterocycles. The topological polar surface area (TPSA) is 85.8 Å². The van der Waals surface area contributed by atoms with Crippen LogP contribution in [0.1, 0.15) is 53.4 Å². The van der Waals surface area contributed by atoms with Gasteiger partial charge in [0.15, 0.2) is 5.96 Å². The van der Waals surface area contributed by atoms with E-state index >= 15 is 0 Å². The van der Waals surface area contributed by atoms with E-state index in [2.05, 4.69) is 20.9 Å². The molecule has 0 heterocycles. The van der Waals surface area contributed by atoms with E-state index in [0.717, 1.165) is 19.4 Å². The zero-order valence-corrected chi connectivity index (χ0v) is 18.5. The second kappa shape index (κ2) is 11.5. The number of rotatable bonds is 8. The van der Waals surface area contributed by atoms with E-state index in [1.54, 1.807) is 4.90 Å². The summed E-state index contributed by atoms with van der Waals surface area (Å²) in [5.74, 6) is 0.749. The quantitative estimate of drug-likeness (QED) is 0.219. The molecule has 1 fully saturated rings. The van der Waals surface area contributed by atoms with Gasteiger partial charge in [0.25, 0.3) is 0 Å². The van der Waals surface area contributed by atoms with Gasteiger partial charge in [-0.15, -0.1) is 24.0 Å². The summed E-state index contributed by atoms with van der Waals surface area (Å²) in [7, 11) is 1.84. The van der Waals surface area contributed by atoms with Crippen molar-refractivity contribution in [3.63, 3.8) is 0 Å². The molecular weight excluding hydrogens is 433 g/mol. The molecule has 0 aliphatic heterocycles. The third kappa shape index (κ3) is 12.0. The maximum atomic E-state index is 12.0. The zero-order valence-electron chi connectivity index (χ0n) is 16.1. The summed E-state index contributed by atoms with van der Waals surface area (Å²) in [5.41, 5.74) is -0.248. The van der Waals surface area contributed by atoms with Crippen LogP contribution in [0, 0.1) is 0 Å². The molecule has 1 aliphatic carbocycles. The standard InChI is InChI=1S/C17H33N5O2.HI/c1-6-18-16(22(5)12-15(24)21-17(2,3)4)19-11-7-8-14(23)20-13-9-10-13;/h13H,6-12H2,1-5H3,(H,18,19)(H,20,23)(H,21,24);1H. The van der Waals surface area contributed by atoms with Gasteiger partial charge in [-0.25, -0.2) is 0 Å². The Kier molecular flexibility index (Phi) is 11.0. The highest BCUT2D eigenvalue weighted by Crippen LogP contribution is 2.18. The number of hydrogen-bond acceptors (Lipinski definition) is 3. The van der Waals surface area contributed by atoms with Crippen LogP contribution in [0.15, 0.2) is 4.99 Å². The molecule has 146 valence electrons. The number of likely N-dealkylation sites (N-methyl/N-ethyl adjacent to an activating group) is 1. The molecule has 2 amide bonds.